The summed E-state index contributed by atoms with van der Waals surface area (Å²) in [6, 6.07) is 26.8. The summed E-state index contributed by atoms with van der Waals surface area (Å²) in [4.78, 5) is 43.3. The molecule has 2 aromatic heterocycles. The number of fused-ring (bicyclic) bond motifs is 1. The normalized spacial score (nSPS) is 10.9. The minimum absolute atomic E-state index is 0.0983. The van der Waals surface area contributed by atoms with Gasteiger partial charge in [0.15, 0.2) is 0 Å². The molecule has 0 spiro atoms. The van der Waals surface area contributed by atoms with E-state index in [4.69, 9.17) is 0 Å². The molecule has 0 atom stereocenters. The van der Waals surface area contributed by atoms with E-state index in [-0.39, 0.29) is 23.6 Å². The zero-order valence-electron chi connectivity index (χ0n) is 20.0. The van der Waals surface area contributed by atoms with Gasteiger partial charge in [-0.2, -0.15) is 0 Å². The minimum atomic E-state index is -0.325. The Balaban J connectivity index is 1.51. The van der Waals surface area contributed by atoms with Gasteiger partial charge in [-0.1, -0.05) is 54.6 Å². The van der Waals surface area contributed by atoms with Gasteiger partial charge in [-0.3, -0.25) is 14.4 Å². The number of aromatic amines is 2. The molecule has 0 aliphatic rings. The van der Waals surface area contributed by atoms with E-state index in [0.717, 1.165) is 33.5 Å². The third kappa shape index (κ3) is 4.61. The van der Waals surface area contributed by atoms with Crippen molar-refractivity contribution in [1.29, 1.82) is 0 Å². The van der Waals surface area contributed by atoms with E-state index in [1.54, 1.807) is 6.07 Å². The van der Waals surface area contributed by atoms with Gasteiger partial charge in [-0.25, -0.2) is 0 Å². The van der Waals surface area contributed by atoms with Gasteiger partial charge < -0.3 is 15.3 Å². The fourth-order valence-electron chi connectivity index (χ4n) is 4.48. The van der Waals surface area contributed by atoms with E-state index in [0.29, 0.717) is 22.0 Å². The van der Waals surface area contributed by atoms with E-state index in [9.17, 15) is 14.4 Å². The van der Waals surface area contributed by atoms with Crippen LogP contribution >= 0.6 is 0 Å². The Labute approximate surface area is 207 Å². The van der Waals surface area contributed by atoms with Crippen molar-refractivity contribution in [2.45, 2.75) is 20.4 Å². The van der Waals surface area contributed by atoms with E-state index >= 15 is 0 Å². The van der Waals surface area contributed by atoms with Crippen molar-refractivity contribution in [3.8, 4) is 22.3 Å². The molecule has 0 fully saturated rings. The quantitative estimate of drug-likeness (QED) is 0.330. The van der Waals surface area contributed by atoms with E-state index in [2.05, 4.69) is 27.4 Å². The molecular formula is C30H25N3O3. The molecule has 5 aromatic rings. The van der Waals surface area contributed by atoms with E-state index < -0.39 is 0 Å². The molecule has 6 heteroatoms. The van der Waals surface area contributed by atoms with Crippen molar-refractivity contribution in [1.82, 2.24) is 15.3 Å². The van der Waals surface area contributed by atoms with Crippen LogP contribution in [0.25, 0.3) is 33.2 Å². The Bertz CT molecular complexity index is 1700. The maximum atomic E-state index is 13.3. The lowest BCUT2D eigenvalue weighted by atomic mass is 9.96. The topological polar surface area (TPSA) is 94.8 Å². The average Bonchev–Trinajstić information content (AvgIpc) is 2.87. The third-order valence-electron chi connectivity index (χ3n) is 6.33. The van der Waals surface area contributed by atoms with Gasteiger partial charge in [-0.05, 0) is 65.9 Å². The Morgan fingerprint density at radius 1 is 0.750 bits per heavy atom. The Hall–Kier alpha value is -4.71. The van der Waals surface area contributed by atoms with Crippen LogP contribution < -0.4 is 16.4 Å². The molecule has 178 valence electrons. The largest absolute Gasteiger partial charge is 0.348 e. The molecule has 1 amide bonds. The molecule has 0 aliphatic carbocycles. The number of nitrogens with one attached hydrogen (secondary N) is 3. The van der Waals surface area contributed by atoms with Crippen molar-refractivity contribution < 1.29 is 4.79 Å². The van der Waals surface area contributed by atoms with Gasteiger partial charge >= 0.3 is 0 Å². The van der Waals surface area contributed by atoms with Crippen molar-refractivity contribution >= 4 is 16.8 Å². The second-order valence-corrected chi connectivity index (χ2v) is 8.88. The molecular weight excluding hydrogens is 450 g/mol. The van der Waals surface area contributed by atoms with E-state index in [1.165, 1.54) is 6.07 Å². The summed E-state index contributed by atoms with van der Waals surface area (Å²) in [5, 5.41) is 3.51. The molecule has 0 unspecified atom stereocenters. The lowest BCUT2D eigenvalue weighted by Gasteiger charge is -2.12. The fourth-order valence-corrected chi connectivity index (χ4v) is 4.48. The second kappa shape index (κ2) is 9.50. The summed E-state index contributed by atoms with van der Waals surface area (Å²) in [6.45, 7) is 3.77. The molecule has 3 N–H and O–H groups in total. The number of carbonyl (C=O) groups is 1. The zero-order chi connectivity index (χ0) is 25.2. The van der Waals surface area contributed by atoms with Gasteiger partial charge in [0.05, 0.1) is 0 Å². The predicted octanol–water partition coefficient (Wildman–Crippen LogP) is 5.10. The van der Waals surface area contributed by atoms with Crippen LogP contribution in [0.5, 0.6) is 0 Å². The molecule has 36 heavy (non-hydrogen) atoms. The number of carbonyl (C=O) groups excluding carboxylic acids is 1. The summed E-state index contributed by atoms with van der Waals surface area (Å²) in [5.41, 5.74) is 6.57. The van der Waals surface area contributed by atoms with Crippen LogP contribution in [0.1, 0.15) is 27.2 Å². The molecule has 3 aromatic carbocycles. The monoisotopic (exact) mass is 475 g/mol. The smallest absolute Gasteiger partial charge is 0.253 e. The Morgan fingerprint density at radius 2 is 1.42 bits per heavy atom. The number of rotatable bonds is 5. The number of aromatic nitrogens is 2. The first-order chi connectivity index (χ1) is 17.4. The van der Waals surface area contributed by atoms with Crippen molar-refractivity contribution in [3.05, 3.63) is 128 Å². The van der Waals surface area contributed by atoms with Crippen molar-refractivity contribution in [2.75, 3.05) is 0 Å². The molecule has 0 saturated heterocycles. The van der Waals surface area contributed by atoms with Gasteiger partial charge in [0.1, 0.15) is 0 Å². The third-order valence-corrected chi connectivity index (χ3v) is 6.33. The number of hydrogen-bond donors (Lipinski definition) is 3. The van der Waals surface area contributed by atoms with Gasteiger partial charge in [0.2, 0.25) is 5.56 Å². The van der Waals surface area contributed by atoms with Crippen molar-refractivity contribution in [3.63, 3.8) is 0 Å². The average molecular weight is 476 g/mol. The first kappa shape index (κ1) is 23.1. The molecule has 0 aliphatic heterocycles. The fraction of sp³-hybridized carbons (Fsp3) is 0.100. The van der Waals surface area contributed by atoms with Crippen LogP contribution in [0, 0.1) is 13.8 Å². The van der Waals surface area contributed by atoms with Crippen LogP contribution in [0.2, 0.25) is 0 Å². The summed E-state index contributed by atoms with van der Waals surface area (Å²) in [5.74, 6) is -0.325. The minimum Gasteiger partial charge on any atom is -0.348 e. The van der Waals surface area contributed by atoms with Crippen LogP contribution in [-0.4, -0.2) is 15.9 Å². The number of H-pyrrole nitrogens is 2. The van der Waals surface area contributed by atoms with Crippen LogP contribution in [0.3, 0.4) is 0 Å². The second-order valence-electron chi connectivity index (χ2n) is 8.88. The highest BCUT2D eigenvalue weighted by molar-refractivity contribution is 6.07. The number of pyridine rings is 2. The number of hydrogen-bond acceptors (Lipinski definition) is 3. The summed E-state index contributed by atoms with van der Waals surface area (Å²) in [7, 11) is 0. The van der Waals surface area contributed by atoms with Crippen molar-refractivity contribution in [2.24, 2.45) is 0 Å². The number of aryl methyl sites for hydroxylation is 2. The number of benzene rings is 3. The van der Waals surface area contributed by atoms with Gasteiger partial charge in [0.25, 0.3) is 11.5 Å². The maximum Gasteiger partial charge on any atom is 0.253 e. The SMILES string of the molecule is Cc1cc(C)c(CNC(=O)c2cc(-c3ccc(-c4ccccc4)cc3)cc3[nH]c(=O)ccc23)c(=O)[nH]1. The van der Waals surface area contributed by atoms with Crippen LogP contribution in [-0.2, 0) is 6.54 Å². The maximum absolute atomic E-state index is 13.3. The molecule has 0 bridgehead atoms. The van der Waals surface area contributed by atoms with E-state index in [1.807, 2.05) is 74.5 Å². The lowest BCUT2D eigenvalue weighted by molar-refractivity contribution is 0.0952. The van der Waals surface area contributed by atoms with Crippen LogP contribution in [0.15, 0.2) is 94.5 Å². The molecule has 0 radical (unpaired) electrons. The van der Waals surface area contributed by atoms with Gasteiger partial charge in [-0.15, -0.1) is 0 Å². The Morgan fingerprint density at radius 3 is 2.11 bits per heavy atom. The standard InChI is InChI=1S/C30H25N3O3/c1-18-14-19(2)32-30(36)26(18)17-31-29(35)25-15-23(16-27-24(25)12-13-28(34)33-27)22-10-8-21(9-11-22)20-6-4-3-5-7-20/h3-16H,17H2,1-2H3,(H,31,35)(H,32,36)(H,33,34). The molecule has 5 rings (SSSR count). The number of amides is 1. The lowest BCUT2D eigenvalue weighted by Crippen LogP contribution is -2.28. The highest BCUT2D eigenvalue weighted by atomic mass is 16.2. The highest BCUT2D eigenvalue weighted by Crippen LogP contribution is 2.29. The summed E-state index contributed by atoms with van der Waals surface area (Å²) >= 11 is 0. The Kier molecular flexibility index (Phi) is 6.09. The first-order valence-electron chi connectivity index (χ1n) is 11.7. The molecule has 2 heterocycles. The summed E-state index contributed by atoms with van der Waals surface area (Å²) < 4.78 is 0. The predicted molar refractivity (Wildman–Crippen MR) is 143 cm³/mol. The van der Waals surface area contributed by atoms with Crippen LogP contribution in [0.4, 0.5) is 0 Å². The molecule has 0 saturated carbocycles. The summed E-state index contributed by atoms with van der Waals surface area (Å²) in [6.07, 6.45) is 0. The zero-order valence-corrected chi connectivity index (χ0v) is 20.0. The first-order valence-corrected chi connectivity index (χ1v) is 11.7. The highest BCUT2D eigenvalue weighted by Gasteiger charge is 2.15. The molecule has 6 nitrogen and oxygen atoms in total. The van der Waals surface area contributed by atoms with Gasteiger partial charge in [0, 0.05) is 40.3 Å².